The molecular weight excluding hydrogens is 562 g/mol. The maximum absolute atomic E-state index is 13.6. The van der Waals surface area contributed by atoms with Gasteiger partial charge in [0.2, 0.25) is 0 Å². The summed E-state index contributed by atoms with van der Waals surface area (Å²) in [5.41, 5.74) is 7.33. The van der Waals surface area contributed by atoms with Crippen molar-refractivity contribution in [3.63, 3.8) is 0 Å². The van der Waals surface area contributed by atoms with Gasteiger partial charge in [-0.3, -0.25) is 9.69 Å². The van der Waals surface area contributed by atoms with Crippen LogP contribution < -0.4 is 15.0 Å². The van der Waals surface area contributed by atoms with Gasteiger partial charge < -0.3 is 24.4 Å². The van der Waals surface area contributed by atoms with Gasteiger partial charge in [0, 0.05) is 62.4 Å². The van der Waals surface area contributed by atoms with Crippen LogP contribution >= 0.6 is 0 Å². The Morgan fingerprint density at radius 1 is 0.933 bits per heavy atom. The van der Waals surface area contributed by atoms with E-state index >= 15 is 0 Å². The molecule has 1 saturated heterocycles. The monoisotopic (exact) mass is 611 g/mol. The first-order valence-electron chi connectivity index (χ1n) is 16.6. The lowest BCUT2D eigenvalue weighted by molar-refractivity contribution is -0.112. The molecule has 0 saturated carbocycles. The molecule has 0 atom stereocenters. The van der Waals surface area contributed by atoms with Crippen molar-refractivity contribution in [1.82, 2.24) is 4.90 Å². The lowest BCUT2D eigenvalue weighted by atomic mass is 10.00. The van der Waals surface area contributed by atoms with Crippen LogP contribution in [0.2, 0.25) is 0 Å². The normalized spacial score (nSPS) is 15.4. The van der Waals surface area contributed by atoms with Crippen LogP contribution in [-0.4, -0.2) is 70.0 Å². The minimum absolute atomic E-state index is 0.0406. The second-order valence-electron chi connectivity index (χ2n) is 12.1. The summed E-state index contributed by atoms with van der Waals surface area (Å²) in [6.07, 6.45) is 6.99. The van der Waals surface area contributed by atoms with Gasteiger partial charge in [-0.05, 0) is 104 Å². The highest BCUT2D eigenvalue weighted by Gasteiger charge is 2.21. The number of nitrogens with zero attached hydrogens (tertiary/aromatic N) is 2. The predicted molar refractivity (Wildman–Crippen MR) is 184 cm³/mol. The number of amides is 1. The molecule has 2 aliphatic heterocycles. The quantitative estimate of drug-likeness (QED) is 0.192. The van der Waals surface area contributed by atoms with E-state index < -0.39 is 0 Å². The molecule has 45 heavy (non-hydrogen) atoms. The van der Waals surface area contributed by atoms with Crippen LogP contribution in [0.15, 0.2) is 72.3 Å². The Morgan fingerprint density at radius 2 is 1.69 bits per heavy atom. The van der Waals surface area contributed by atoms with Gasteiger partial charge in [0.25, 0.3) is 5.91 Å². The molecule has 7 nitrogen and oxygen atoms in total. The number of carbonyl (C=O) groups excluding carboxylic acids is 1. The Bertz CT molecular complexity index is 1400. The standard InChI is InChI=1S/C38H49N3O4/c1-4-19-41-20-16-32(38(42)39-34-11-6-29(7-12-34)28-40(3)35-17-22-44-23-18-35)27-33-26-31(10-15-37(33)41)30-8-13-36(14-9-30)45-25-24-43-21-5-2/h6-15,26-27,35H,4-5,16-25,28H2,1-3H3,(H,39,42). The van der Waals surface area contributed by atoms with Gasteiger partial charge in [-0.1, -0.05) is 44.2 Å². The van der Waals surface area contributed by atoms with Crippen LogP contribution in [-0.2, 0) is 20.8 Å². The minimum atomic E-state index is -0.0406. The van der Waals surface area contributed by atoms with E-state index in [0.29, 0.717) is 25.7 Å². The third-order valence-corrected chi connectivity index (χ3v) is 8.62. The van der Waals surface area contributed by atoms with Gasteiger partial charge in [-0.15, -0.1) is 0 Å². The molecule has 0 aliphatic carbocycles. The second kappa shape index (κ2) is 16.6. The molecule has 0 unspecified atom stereocenters. The van der Waals surface area contributed by atoms with Crippen molar-refractivity contribution in [3.8, 4) is 16.9 Å². The van der Waals surface area contributed by atoms with Crippen molar-refractivity contribution >= 4 is 23.4 Å². The Labute approximate surface area is 269 Å². The van der Waals surface area contributed by atoms with E-state index in [-0.39, 0.29) is 5.91 Å². The molecule has 1 N–H and O–H groups in total. The van der Waals surface area contributed by atoms with Gasteiger partial charge in [-0.2, -0.15) is 0 Å². The van der Waals surface area contributed by atoms with Crippen LogP contribution in [0.1, 0.15) is 57.1 Å². The average molecular weight is 612 g/mol. The van der Waals surface area contributed by atoms with Crippen LogP contribution in [0.25, 0.3) is 17.2 Å². The van der Waals surface area contributed by atoms with Crippen molar-refractivity contribution < 1.29 is 19.0 Å². The smallest absolute Gasteiger partial charge is 0.251 e. The summed E-state index contributed by atoms with van der Waals surface area (Å²) in [5, 5.41) is 3.16. The molecule has 0 aromatic heterocycles. The second-order valence-corrected chi connectivity index (χ2v) is 12.1. The molecule has 0 bridgehead atoms. The van der Waals surface area contributed by atoms with Gasteiger partial charge >= 0.3 is 0 Å². The highest BCUT2D eigenvalue weighted by molar-refractivity contribution is 6.07. The molecule has 3 aromatic rings. The minimum Gasteiger partial charge on any atom is -0.491 e. The number of carbonyl (C=O) groups is 1. The van der Waals surface area contributed by atoms with E-state index in [9.17, 15) is 4.79 Å². The number of rotatable bonds is 14. The summed E-state index contributed by atoms with van der Waals surface area (Å²) in [6, 6.07) is 23.6. The lowest BCUT2D eigenvalue weighted by Crippen LogP contribution is -2.36. The predicted octanol–water partition coefficient (Wildman–Crippen LogP) is 7.41. The van der Waals surface area contributed by atoms with Crippen LogP contribution in [0.5, 0.6) is 5.75 Å². The fourth-order valence-electron chi connectivity index (χ4n) is 6.11. The third-order valence-electron chi connectivity index (χ3n) is 8.62. The van der Waals surface area contributed by atoms with E-state index in [2.05, 4.69) is 84.6 Å². The molecule has 2 heterocycles. The largest absolute Gasteiger partial charge is 0.491 e. The molecule has 1 fully saturated rings. The fraction of sp³-hybridized carbons (Fsp3) is 0.447. The first-order chi connectivity index (χ1) is 22.0. The number of benzene rings is 3. The summed E-state index contributed by atoms with van der Waals surface area (Å²) in [6.45, 7) is 10.5. The molecule has 0 spiro atoms. The number of hydrogen-bond donors (Lipinski definition) is 1. The Balaban J connectivity index is 1.26. The number of fused-ring (bicyclic) bond motifs is 1. The highest BCUT2D eigenvalue weighted by atomic mass is 16.5. The topological polar surface area (TPSA) is 63.3 Å². The molecule has 3 aromatic carbocycles. The molecule has 2 aliphatic rings. The summed E-state index contributed by atoms with van der Waals surface area (Å²) in [4.78, 5) is 18.4. The first kappa shape index (κ1) is 32.7. The van der Waals surface area contributed by atoms with E-state index in [1.807, 2.05) is 24.3 Å². The zero-order chi connectivity index (χ0) is 31.4. The van der Waals surface area contributed by atoms with Crippen molar-refractivity contribution in [2.24, 2.45) is 0 Å². The molecule has 1 amide bonds. The molecule has 0 radical (unpaired) electrons. The maximum atomic E-state index is 13.6. The van der Waals surface area contributed by atoms with Crippen molar-refractivity contribution in [2.75, 3.05) is 63.4 Å². The number of anilines is 2. The Kier molecular flexibility index (Phi) is 12.1. The van der Waals surface area contributed by atoms with Crippen molar-refractivity contribution in [1.29, 1.82) is 0 Å². The van der Waals surface area contributed by atoms with E-state index in [4.69, 9.17) is 14.2 Å². The molecule has 7 heteroatoms. The van der Waals surface area contributed by atoms with Crippen LogP contribution in [0.4, 0.5) is 11.4 Å². The highest BCUT2D eigenvalue weighted by Crippen LogP contribution is 2.33. The fourth-order valence-corrected chi connectivity index (χ4v) is 6.11. The molecular formula is C38H49N3O4. The van der Waals surface area contributed by atoms with E-state index in [1.165, 1.54) is 11.3 Å². The Morgan fingerprint density at radius 3 is 2.42 bits per heavy atom. The zero-order valence-corrected chi connectivity index (χ0v) is 27.2. The SMILES string of the molecule is CCCOCCOc1ccc(-c2ccc3c(c2)C=C(C(=O)Nc2ccc(CN(C)C4CCOCC4)cc2)CCN3CCC)cc1. The number of hydrogen-bond acceptors (Lipinski definition) is 6. The third kappa shape index (κ3) is 9.19. The Hall–Kier alpha value is -3.65. The van der Waals surface area contributed by atoms with Gasteiger partial charge in [0.1, 0.15) is 12.4 Å². The van der Waals surface area contributed by atoms with E-state index in [1.54, 1.807) is 0 Å². The maximum Gasteiger partial charge on any atom is 0.251 e. The summed E-state index contributed by atoms with van der Waals surface area (Å²) < 4.78 is 16.9. The molecule has 5 rings (SSSR count). The number of ether oxygens (including phenoxy) is 3. The van der Waals surface area contributed by atoms with Gasteiger partial charge in [0.05, 0.1) is 6.61 Å². The van der Waals surface area contributed by atoms with Crippen LogP contribution in [0, 0.1) is 0 Å². The van der Waals surface area contributed by atoms with Gasteiger partial charge in [0.15, 0.2) is 0 Å². The number of nitrogens with one attached hydrogen (secondary N) is 1. The molecule has 240 valence electrons. The average Bonchev–Trinajstić information content (AvgIpc) is 3.25. The lowest BCUT2D eigenvalue weighted by Gasteiger charge is -2.31. The van der Waals surface area contributed by atoms with E-state index in [0.717, 1.165) is 98.8 Å². The summed E-state index contributed by atoms with van der Waals surface area (Å²) in [5.74, 6) is 0.794. The zero-order valence-electron chi connectivity index (χ0n) is 27.2. The summed E-state index contributed by atoms with van der Waals surface area (Å²) in [7, 11) is 2.19. The van der Waals surface area contributed by atoms with Crippen LogP contribution in [0.3, 0.4) is 0 Å². The summed E-state index contributed by atoms with van der Waals surface area (Å²) >= 11 is 0. The van der Waals surface area contributed by atoms with Crippen molar-refractivity contribution in [3.05, 3.63) is 83.4 Å². The first-order valence-corrected chi connectivity index (χ1v) is 16.6. The van der Waals surface area contributed by atoms with Crippen molar-refractivity contribution in [2.45, 2.75) is 58.5 Å². The van der Waals surface area contributed by atoms with Gasteiger partial charge in [-0.25, -0.2) is 0 Å².